The van der Waals surface area contributed by atoms with Crippen LogP contribution in [-0.2, 0) is 20.7 Å². The first-order chi connectivity index (χ1) is 11.5. The second-order valence-corrected chi connectivity index (χ2v) is 5.46. The van der Waals surface area contributed by atoms with E-state index in [9.17, 15) is 9.59 Å². The van der Waals surface area contributed by atoms with Gasteiger partial charge in [0, 0.05) is 20.2 Å². The van der Waals surface area contributed by atoms with Crippen LogP contribution in [0, 0.1) is 0 Å². The molecular formula is C17H27N3O4. The van der Waals surface area contributed by atoms with Gasteiger partial charge in [-0.05, 0) is 31.2 Å². The van der Waals surface area contributed by atoms with Crippen LogP contribution in [0.25, 0.3) is 0 Å². The molecule has 7 heteroatoms. The van der Waals surface area contributed by atoms with Gasteiger partial charge in [0.25, 0.3) is 0 Å². The van der Waals surface area contributed by atoms with E-state index in [-0.39, 0.29) is 24.9 Å². The average molecular weight is 337 g/mol. The quantitative estimate of drug-likeness (QED) is 0.558. The van der Waals surface area contributed by atoms with Crippen molar-refractivity contribution in [1.29, 1.82) is 0 Å². The highest BCUT2D eigenvalue weighted by Gasteiger charge is 2.10. The maximum absolute atomic E-state index is 11.9. The number of carbonyl (C=O) groups is 2. The molecule has 2 amide bonds. The smallest absolute Gasteiger partial charge is 0.234 e. The summed E-state index contributed by atoms with van der Waals surface area (Å²) in [5.41, 5.74) is 1.13. The number of ether oxygens (including phenoxy) is 2. The van der Waals surface area contributed by atoms with Crippen LogP contribution in [-0.4, -0.2) is 70.8 Å². The Hall–Kier alpha value is -2.12. The monoisotopic (exact) mass is 337 g/mol. The van der Waals surface area contributed by atoms with Crippen LogP contribution < -0.4 is 15.4 Å². The number of rotatable bonds is 11. The van der Waals surface area contributed by atoms with Crippen LogP contribution in [0.4, 0.5) is 0 Å². The molecule has 0 heterocycles. The zero-order valence-electron chi connectivity index (χ0n) is 14.6. The highest BCUT2D eigenvalue weighted by Crippen LogP contribution is 2.11. The largest absolute Gasteiger partial charge is 0.497 e. The molecule has 0 atom stereocenters. The Morgan fingerprint density at radius 3 is 2.12 bits per heavy atom. The highest BCUT2D eigenvalue weighted by atomic mass is 16.5. The standard InChI is InChI=1S/C17H27N3O4/c1-20(13-17(22)19-10-11-23-2)12-16(21)18-9-8-14-4-6-15(24-3)7-5-14/h4-7H,8-13H2,1-3H3,(H,18,21)(H,19,22). The number of nitrogens with one attached hydrogen (secondary N) is 2. The molecule has 0 radical (unpaired) electrons. The van der Waals surface area contributed by atoms with Crippen molar-refractivity contribution in [2.45, 2.75) is 6.42 Å². The summed E-state index contributed by atoms with van der Waals surface area (Å²) in [6, 6.07) is 7.74. The molecular weight excluding hydrogens is 310 g/mol. The molecule has 0 saturated carbocycles. The second kappa shape index (κ2) is 11.4. The molecule has 7 nitrogen and oxygen atoms in total. The van der Waals surface area contributed by atoms with E-state index in [0.717, 1.165) is 17.7 Å². The molecule has 0 aromatic heterocycles. The van der Waals surface area contributed by atoms with Gasteiger partial charge in [-0.2, -0.15) is 0 Å². The Morgan fingerprint density at radius 2 is 1.58 bits per heavy atom. The summed E-state index contributed by atoms with van der Waals surface area (Å²) in [4.78, 5) is 25.1. The van der Waals surface area contributed by atoms with Gasteiger partial charge in [0.05, 0.1) is 26.8 Å². The summed E-state index contributed by atoms with van der Waals surface area (Å²) in [5.74, 6) is 0.587. The summed E-state index contributed by atoms with van der Waals surface area (Å²) in [6.07, 6.45) is 0.747. The molecule has 0 aliphatic carbocycles. The summed E-state index contributed by atoms with van der Waals surface area (Å²) in [5, 5.41) is 5.57. The minimum Gasteiger partial charge on any atom is -0.497 e. The number of hydrogen-bond acceptors (Lipinski definition) is 5. The van der Waals surface area contributed by atoms with Crippen molar-refractivity contribution >= 4 is 11.8 Å². The molecule has 1 aromatic rings. The first-order valence-corrected chi connectivity index (χ1v) is 7.89. The molecule has 0 fully saturated rings. The summed E-state index contributed by atoms with van der Waals surface area (Å²) >= 11 is 0. The van der Waals surface area contributed by atoms with E-state index < -0.39 is 0 Å². The number of amides is 2. The van der Waals surface area contributed by atoms with Gasteiger partial charge in [-0.15, -0.1) is 0 Å². The number of benzene rings is 1. The van der Waals surface area contributed by atoms with Gasteiger partial charge in [0.1, 0.15) is 5.75 Å². The van der Waals surface area contributed by atoms with Crippen LogP contribution in [0.15, 0.2) is 24.3 Å². The van der Waals surface area contributed by atoms with Crippen LogP contribution in [0.1, 0.15) is 5.56 Å². The maximum Gasteiger partial charge on any atom is 0.234 e. The van der Waals surface area contributed by atoms with Gasteiger partial charge >= 0.3 is 0 Å². The lowest BCUT2D eigenvalue weighted by Gasteiger charge is -2.16. The number of nitrogens with zero attached hydrogens (tertiary/aromatic N) is 1. The Morgan fingerprint density at radius 1 is 1.00 bits per heavy atom. The normalized spacial score (nSPS) is 10.5. The van der Waals surface area contributed by atoms with E-state index in [2.05, 4.69) is 10.6 Å². The molecule has 0 aliphatic rings. The van der Waals surface area contributed by atoms with E-state index in [1.807, 2.05) is 24.3 Å². The lowest BCUT2D eigenvalue weighted by Crippen LogP contribution is -2.41. The third-order valence-electron chi connectivity index (χ3n) is 3.35. The Kier molecular flexibility index (Phi) is 9.48. The van der Waals surface area contributed by atoms with Gasteiger partial charge in [-0.3, -0.25) is 14.5 Å². The molecule has 1 rings (SSSR count). The van der Waals surface area contributed by atoms with Gasteiger partial charge in [-0.25, -0.2) is 0 Å². The molecule has 1 aromatic carbocycles. The van der Waals surface area contributed by atoms with Crippen molar-refractivity contribution in [3.63, 3.8) is 0 Å². The van der Waals surface area contributed by atoms with Crippen LogP contribution in [0.3, 0.4) is 0 Å². The van der Waals surface area contributed by atoms with E-state index >= 15 is 0 Å². The molecule has 0 bridgehead atoms. The zero-order valence-corrected chi connectivity index (χ0v) is 14.6. The van der Waals surface area contributed by atoms with Crippen molar-refractivity contribution in [3.05, 3.63) is 29.8 Å². The van der Waals surface area contributed by atoms with Crippen molar-refractivity contribution in [1.82, 2.24) is 15.5 Å². The zero-order chi connectivity index (χ0) is 17.8. The van der Waals surface area contributed by atoms with E-state index in [1.165, 1.54) is 0 Å². The van der Waals surface area contributed by atoms with Gasteiger partial charge in [-0.1, -0.05) is 12.1 Å². The third kappa shape index (κ3) is 8.50. The van der Waals surface area contributed by atoms with Crippen LogP contribution in [0.2, 0.25) is 0 Å². The Bertz CT molecular complexity index is 505. The molecule has 134 valence electrons. The third-order valence-corrected chi connectivity index (χ3v) is 3.35. The fourth-order valence-electron chi connectivity index (χ4n) is 2.09. The predicted octanol–water partition coefficient (Wildman–Crippen LogP) is 0.0483. The SMILES string of the molecule is COCCNC(=O)CN(C)CC(=O)NCCc1ccc(OC)cc1. The second-order valence-electron chi connectivity index (χ2n) is 5.46. The lowest BCUT2D eigenvalue weighted by molar-refractivity contribution is -0.124. The fourth-order valence-corrected chi connectivity index (χ4v) is 2.09. The summed E-state index contributed by atoms with van der Waals surface area (Å²) in [6.45, 7) is 1.85. The Balaban J connectivity index is 2.19. The summed E-state index contributed by atoms with van der Waals surface area (Å²) < 4.78 is 9.96. The lowest BCUT2D eigenvalue weighted by atomic mass is 10.1. The molecule has 2 N–H and O–H groups in total. The van der Waals surface area contributed by atoms with Crippen molar-refractivity contribution in [2.75, 3.05) is 54.1 Å². The average Bonchev–Trinajstić information content (AvgIpc) is 2.55. The van der Waals surface area contributed by atoms with Gasteiger partial charge in [0.15, 0.2) is 0 Å². The number of likely N-dealkylation sites (N-methyl/N-ethyl adjacent to an activating group) is 1. The minimum atomic E-state index is -0.124. The first kappa shape index (κ1) is 19.9. The van der Waals surface area contributed by atoms with E-state index in [0.29, 0.717) is 19.7 Å². The molecule has 24 heavy (non-hydrogen) atoms. The summed E-state index contributed by atoms with van der Waals surface area (Å²) in [7, 11) is 4.94. The minimum absolute atomic E-state index is 0.101. The van der Waals surface area contributed by atoms with Crippen LogP contribution >= 0.6 is 0 Å². The van der Waals surface area contributed by atoms with Crippen LogP contribution in [0.5, 0.6) is 5.75 Å². The van der Waals surface area contributed by atoms with E-state index in [4.69, 9.17) is 9.47 Å². The number of hydrogen-bond donors (Lipinski definition) is 2. The number of methoxy groups -OCH3 is 2. The fraction of sp³-hybridized carbons (Fsp3) is 0.529. The van der Waals surface area contributed by atoms with Crippen molar-refractivity contribution in [2.24, 2.45) is 0 Å². The number of carbonyl (C=O) groups excluding carboxylic acids is 2. The molecule has 0 unspecified atom stereocenters. The molecule has 0 spiro atoms. The topological polar surface area (TPSA) is 79.9 Å². The highest BCUT2D eigenvalue weighted by molar-refractivity contribution is 5.81. The van der Waals surface area contributed by atoms with Crippen molar-refractivity contribution < 1.29 is 19.1 Å². The Labute approximate surface area is 143 Å². The van der Waals surface area contributed by atoms with Gasteiger partial charge < -0.3 is 20.1 Å². The van der Waals surface area contributed by atoms with E-state index in [1.54, 1.807) is 26.2 Å². The molecule has 0 saturated heterocycles. The van der Waals surface area contributed by atoms with Crippen molar-refractivity contribution in [3.8, 4) is 5.75 Å². The predicted molar refractivity (Wildman–Crippen MR) is 92.1 cm³/mol. The molecule has 0 aliphatic heterocycles. The maximum atomic E-state index is 11.9. The van der Waals surface area contributed by atoms with Gasteiger partial charge in [0.2, 0.25) is 11.8 Å². The first-order valence-electron chi connectivity index (χ1n) is 7.89.